The SMILES string of the molecule is CC.CCC1(C)CNC(=O)O1. The van der Waals surface area contributed by atoms with Gasteiger partial charge in [0.25, 0.3) is 0 Å². The molecule has 3 heteroatoms. The first kappa shape index (κ1) is 10.3. The van der Waals surface area contributed by atoms with E-state index in [9.17, 15) is 4.79 Å². The van der Waals surface area contributed by atoms with Gasteiger partial charge in [-0.25, -0.2) is 4.79 Å². The minimum absolute atomic E-state index is 0.253. The third-order valence-electron chi connectivity index (χ3n) is 1.69. The number of carbonyl (C=O) groups excluding carboxylic acids is 1. The van der Waals surface area contributed by atoms with E-state index in [1.165, 1.54) is 0 Å². The molecule has 1 unspecified atom stereocenters. The average molecular weight is 159 g/mol. The zero-order valence-electron chi connectivity index (χ0n) is 7.73. The van der Waals surface area contributed by atoms with Gasteiger partial charge in [-0.15, -0.1) is 0 Å². The molecule has 11 heavy (non-hydrogen) atoms. The molecule has 0 aromatic carbocycles. The van der Waals surface area contributed by atoms with Gasteiger partial charge in [0.05, 0.1) is 6.54 Å². The molecule has 1 saturated heterocycles. The van der Waals surface area contributed by atoms with Crippen molar-refractivity contribution >= 4 is 6.09 Å². The summed E-state index contributed by atoms with van der Waals surface area (Å²) >= 11 is 0. The number of carbonyl (C=O) groups is 1. The monoisotopic (exact) mass is 159 g/mol. The van der Waals surface area contributed by atoms with Crippen molar-refractivity contribution in [3.63, 3.8) is 0 Å². The van der Waals surface area contributed by atoms with Crippen LogP contribution in [0.2, 0.25) is 0 Å². The Morgan fingerprint density at radius 1 is 1.64 bits per heavy atom. The molecule has 0 saturated carbocycles. The Labute approximate surface area is 68.1 Å². The molecule has 1 aliphatic heterocycles. The number of nitrogens with one attached hydrogen (secondary N) is 1. The van der Waals surface area contributed by atoms with Crippen molar-refractivity contribution < 1.29 is 9.53 Å². The third kappa shape index (κ3) is 2.78. The molecule has 0 spiro atoms. The highest BCUT2D eigenvalue weighted by atomic mass is 16.6. The summed E-state index contributed by atoms with van der Waals surface area (Å²) in [4.78, 5) is 10.5. The van der Waals surface area contributed by atoms with Gasteiger partial charge in [-0.1, -0.05) is 20.8 Å². The molecule has 1 amide bonds. The van der Waals surface area contributed by atoms with Gasteiger partial charge in [0.2, 0.25) is 0 Å². The summed E-state index contributed by atoms with van der Waals surface area (Å²) in [6.07, 6.45) is 0.575. The number of hydrogen-bond acceptors (Lipinski definition) is 2. The number of ether oxygens (including phenoxy) is 1. The number of rotatable bonds is 1. The largest absolute Gasteiger partial charge is 0.441 e. The molecule has 0 aromatic heterocycles. The number of hydrogen-bond donors (Lipinski definition) is 1. The second kappa shape index (κ2) is 4.21. The minimum Gasteiger partial charge on any atom is -0.441 e. The van der Waals surface area contributed by atoms with E-state index in [0.717, 1.165) is 6.42 Å². The lowest BCUT2D eigenvalue weighted by Crippen LogP contribution is -2.27. The Hall–Kier alpha value is -0.730. The highest BCUT2D eigenvalue weighted by Crippen LogP contribution is 2.18. The van der Waals surface area contributed by atoms with Crippen LogP contribution >= 0.6 is 0 Å². The van der Waals surface area contributed by atoms with Crippen LogP contribution in [-0.4, -0.2) is 18.2 Å². The second-order valence-corrected chi connectivity index (χ2v) is 2.55. The predicted octanol–water partition coefficient (Wildman–Crippen LogP) is 1.92. The van der Waals surface area contributed by atoms with Gasteiger partial charge in [0.1, 0.15) is 5.60 Å². The van der Waals surface area contributed by atoms with Crippen LogP contribution in [-0.2, 0) is 4.74 Å². The first-order valence-corrected chi connectivity index (χ1v) is 4.13. The van der Waals surface area contributed by atoms with Crippen LogP contribution in [0.15, 0.2) is 0 Å². The van der Waals surface area contributed by atoms with E-state index < -0.39 is 0 Å². The first-order valence-electron chi connectivity index (χ1n) is 4.13. The van der Waals surface area contributed by atoms with Crippen LogP contribution in [0.4, 0.5) is 4.79 Å². The van der Waals surface area contributed by atoms with E-state index in [1.807, 2.05) is 27.7 Å². The Balaban J connectivity index is 0.000000461. The summed E-state index contributed by atoms with van der Waals surface area (Å²) in [5.41, 5.74) is -0.253. The molecule has 1 aliphatic rings. The summed E-state index contributed by atoms with van der Waals surface area (Å²) in [7, 11) is 0. The molecule has 1 N–H and O–H groups in total. The summed E-state index contributed by atoms with van der Waals surface area (Å²) in [5.74, 6) is 0. The van der Waals surface area contributed by atoms with Crippen molar-refractivity contribution in [2.45, 2.75) is 39.7 Å². The molecule has 1 fully saturated rings. The average Bonchev–Trinajstić information content (AvgIpc) is 2.37. The van der Waals surface area contributed by atoms with E-state index in [2.05, 4.69) is 5.32 Å². The fraction of sp³-hybridized carbons (Fsp3) is 0.875. The number of amides is 1. The van der Waals surface area contributed by atoms with Gasteiger partial charge in [-0.2, -0.15) is 0 Å². The van der Waals surface area contributed by atoms with Crippen molar-refractivity contribution in [1.29, 1.82) is 0 Å². The van der Waals surface area contributed by atoms with Gasteiger partial charge in [-0.3, -0.25) is 0 Å². The first-order chi connectivity index (χ1) is 5.16. The normalized spacial score (nSPS) is 28.2. The lowest BCUT2D eigenvalue weighted by molar-refractivity contribution is 0.0691. The van der Waals surface area contributed by atoms with Crippen molar-refractivity contribution in [3.05, 3.63) is 0 Å². The lowest BCUT2D eigenvalue weighted by Gasteiger charge is -2.17. The summed E-state index contributed by atoms with van der Waals surface area (Å²) in [6, 6.07) is 0. The predicted molar refractivity (Wildman–Crippen MR) is 44.5 cm³/mol. The van der Waals surface area contributed by atoms with E-state index >= 15 is 0 Å². The Morgan fingerprint density at radius 3 is 2.36 bits per heavy atom. The van der Waals surface area contributed by atoms with Crippen molar-refractivity contribution in [1.82, 2.24) is 5.32 Å². The maximum absolute atomic E-state index is 10.5. The van der Waals surface area contributed by atoms with E-state index in [4.69, 9.17) is 4.74 Å². The van der Waals surface area contributed by atoms with Crippen LogP contribution in [0.3, 0.4) is 0 Å². The van der Waals surface area contributed by atoms with Gasteiger partial charge < -0.3 is 10.1 Å². The molecule has 0 aromatic rings. The molecule has 66 valence electrons. The van der Waals surface area contributed by atoms with Gasteiger partial charge in [0, 0.05) is 0 Å². The molecule has 0 bridgehead atoms. The van der Waals surface area contributed by atoms with Crippen LogP contribution in [0.1, 0.15) is 34.1 Å². The maximum Gasteiger partial charge on any atom is 0.407 e. The minimum atomic E-state index is -0.292. The van der Waals surface area contributed by atoms with Gasteiger partial charge >= 0.3 is 6.09 Å². The Morgan fingerprint density at radius 2 is 2.18 bits per heavy atom. The molecular weight excluding hydrogens is 142 g/mol. The standard InChI is InChI=1S/C6H11NO2.C2H6/c1-3-6(2)4-7-5(8)9-6;1-2/h3-4H2,1-2H3,(H,7,8);1-2H3. The van der Waals surface area contributed by atoms with Gasteiger partial charge in [-0.05, 0) is 13.3 Å². The van der Waals surface area contributed by atoms with Crippen molar-refractivity contribution in [2.24, 2.45) is 0 Å². The molecule has 0 radical (unpaired) electrons. The summed E-state index contributed by atoms with van der Waals surface area (Å²) < 4.78 is 4.95. The topological polar surface area (TPSA) is 38.3 Å². The fourth-order valence-electron chi connectivity index (χ4n) is 0.752. The molecule has 1 heterocycles. The van der Waals surface area contributed by atoms with E-state index in [-0.39, 0.29) is 11.7 Å². The Kier molecular flexibility index (Phi) is 3.93. The third-order valence-corrected chi connectivity index (χ3v) is 1.69. The zero-order chi connectivity index (χ0) is 8.91. The molecular formula is C8H17NO2. The summed E-state index contributed by atoms with van der Waals surface area (Å²) in [6.45, 7) is 8.56. The molecule has 0 aliphatic carbocycles. The summed E-state index contributed by atoms with van der Waals surface area (Å²) in [5, 5.41) is 2.60. The van der Waals surface area contributed by atoms with Crippen molar-refractivity contribution in [3.8, 4) is 0 Å². The number of alkyl carbamates (subject to hydrolysis) is 1. The van der Waals surface area contributed by atoms with Crippen LogP contribution in [0, 0.1) is 0 Å². The Bertz CT molecular complexity index is 136. The number of cyclic esters (lactones) is 1. The van der Waals surface area contributed by atoms with Gasteiger partial charge in [0.15, 0.2) is 0 Å². The maximum atomic E-state index is 10.5. The second-order valence-electron chi connectivity index (χ2n) is 2.55. The highest BCUT2D eigenvalue weighted by molar-refractivity contribution is 5.70. The molecule has 3 nitrogen and oxygen atoms in total. The highest BCUT2D eigenvalue weighted by Gasteiger charge is 2.33. The quantitative estimate of drug-likeness (QED) is 0.634. The molecule has 1 rings (SSSR count). The zero-order valence-corrected chi connectivity index (χ0v) is 7.73. The van der Waals surface area contributed by atoms with E-state index in [1.54, 1.807) is 0 Å². The van der Waals surface area contributed by atoms with Crippen LogP contribution < -0.4 is 5.32 Å². The van der Waals surface area contributed by atoms with Crippen LogP contribution in [0.25, 0.3) is 0 Å². The smallest absolute Gasteiger partial charge is 0.407 e. The van der Waals surface area contributed by atoms with Crippen molar-refractivity contribution in [2.75, 3.05) is 6.54 Å². The van der Waals surface area contributed by atoms with E-state index in [0.29, 0.717) is 6.54 Å². The lowest BCUT2D eigenvalue weighted by atomic mass is 10.1. The fourth-order valence-corrected chi connectivity index (χ4v) is 0.752. The van der Waals surface area contributed by atoms with Crippen LogP contribution in [0.5, 0.6) is 0 Å². The molecule has 1 atom stereocenters.